The minimum atomic E-state index is -3.57. The molecule has 5 nitrogen and oxygen atoms in total. The van der Waals surface area contributed by atoms with Crippen LogP contribution in [0, 0.1) is 0 Å². The van der Waals surface area contributed by atoms with E-state index in [-0.39, 0.29) is 4.90 Å². The molecule has 0 radical (unpaired) electrons. The summed E-state index contributed by atoms with van der Waals surface area (Å²) >= 11 is 0. The monoisotopic (exact) mass is 250 g/mol. The molecule has 1 aromatic carbocycles. The van der Waals surface area contributed by atoms with E-state index < -0.39 is 10.0 Å². The van der Waals surface area contributed by atoms with Gasteiger partial charge in [0.05, 0.1) is 4.90 Å². The van der Waals surface area contributed by atoms with Crippen LogP contribution in [-0.4, -0.2) is 8.42 Å². The lowest BCUT2D eigenvalue weighted by atomic mass is 10.3. The first-order chi connectivity index (χ1) is 8.08. The van der Waals surface area contributed by atoms with E-state index in [1.807, 2.05) is 0 Å². The lowest BCUT2D eigenvalue weighted by Crippen LogP contribution is -2.47. The van der Waals surface area contributed by atoms with Crippen molar-refractivity contribution in [3.63, 3.8) is 0 Å². The summed E-state index contributed by atoms with van der Waals surface area (Å²) in [6.07, 6.45) is 3.21. The van der Waals surface area contributed by atoms with Crippen LogP contribution in [0.15, 0.2) is 59.8 Å². The predicted octanol–water partition coefficient (Wildman–Crippen LogP) is 0.489. The van der Waals surface area contributed by atoms with Crippen molar-refractivity contribution in [2.45, 2.75) is 4.90 Å². The van der Waals surface area contributed by atoms with Gasteiger partial charge in [-0.25, -0.2) is 0 Å². The van der Waals surface area contributed by atoms with Crippen LogP contribution in [-0.2, 0) is 10.0 Å². The normalized spacial score (nSPS) is 11.1. The lowest BCUT2D eigenvalue weighted by molar-refractivity contribution is -0.636. The van der Waals surface area contributed by atoms with E-state index in [9.17, 15) is 8.42 Å². The van der Waals surface area contributed by atoms with Crippen LogP contribution in [0.3, 0.4) is 0 Å². The zero-order chi connectivity index (χ0) is 12.3. The smallest absolute Gasteiger partial charge is 0.306 e. The molecule has 0 aliphatic carbocycles. The number of nitrogens with two attached hydrogens (primary N) is 1. The third-order valence-electron chi connectivity index (χ3n) is 2.13. The molecule has 88 valence electrons. The first-order valence-corrected chi connectivity index (χ1v) is 6.41. The molecule has 0 fully saturated rings. The zero-order valence-corrected chi connectivity index (χ0v) is 9.76. The molecule has 6 heteroatoms. The maximum Gasteiger partial charge on any atom is 0.306 e. The molecule has 0 bridgehead atoms. The molecule has 0 spiro atoms. The topological polar surface area (TPSA) is 76.1 Å². The molecule has 0 saturated carbocycles. The van der Waals surface area contributed by atoms with Crippen LogP contribution in [0.25, 0.3) is 0 Å². The molecule has 17 heavy (non-hydrogen) atoms. The molecule has 0 aliphatic heterocycles. The van der Waals surface area contributed by atoms with Gasteiger partial charge in [0.2, 0.25) is 12.4 Å². The summed E-state index contributed by atoms with van der Waals surface area (Å²) < 4.78 is 25.2. The summed E-state index contributed by atoms with van der Waals surface area (Å²) in [5.74, 6) is 0. The van der Waals surface area contributed by atoms with Crippen molar-refractivity contribution in [2.24, 2.45) is 0 Å². The van der Waals surface area contributed by atoms with Crippen molar-refractivity contribution in [3.8, 4) is 0 Å². The van der Waals surface area contributed by atoms with Gasteiger partial charge < -0.3 is 5.73 Å². The van der Waals surface area contributed by atoms with Gasteiger partial charge in [0.15, 0.2) is 0 Å². The number of nitrogens with one attached hydrogen (secondary N) is 1. The number of sulfonamides is 1. The van der Waals surface area contributed by atoms with Crippen LogP contribution in [0.1, 0.15) is 0 Å². The van der Waals surface area contributed by atoms with Crippen LogP contribution in [0.5, 0.6) is 0 Å². The summed E-state index contributed by atoms with van der Waals surface area (Å²) in [6.45, 7) is 0. The summed E-state index contributed by atoms with van der Waals surface area (Å²) in [7, 11) is -3.57. The Morgan fingerprint density at radius 1 is 1.00 bits per heavy atom. The Bertz CT molecular complexity index is 594. The van der Waals surface area contributed by atoms with E-state index in [4.69, 9.17) is 5.73 Å². The highest BCUT2D eigenvalue weighted by atomic mass is 32.2. The highest BCUT2D eigenvalue weighted by Crippen LogP contribution is 2.10. The third kappa shape index (κ3) is 2.73. The Morgan fingerprint density at radius 3 is 2.18 bits per heavy atom. The second-order valence-electron chi connectivity index (χ2n) is 3.45. The third-order valence-corrected chi connectivity index (χ3v) is 3.48. The fraction of sp³-hybridized carbons (Fsp3) is 0. The second kappa shape index (κ2) is 4.42. The minimum Gasteiger partial charge on any atom is -0.399 e. The number of pyridine rings is 1. The molecule has 0 saturated heterocycles. The number of hydrogen-bond acceptors (Lipinski definition) is 3. The Labute approximate surface area is 99.5 Å². The van der Waals surface area contributed by atoms with Crippen LogP contribution in [0.2, 0.25) is 0 Å². The molecule has 1 aromatic heterocycles. The highest BCUT2D eigenvalue weighted by Gasteiger charge is 2.17. The quantitative estimate of drug-likeness (QED) is 0.615. The Balaban J connectivity index is 2.29. The van der Waals surface area contributed by atoms with Crippen molar-refractivity contribution in [1.82, 2.24) is 0 Å². The standard InChI is InChI=1S/C11H12N3O2S/c12-10-4-6-11(7-5-10)17(15,16)13-14-8-2-1-3-9-14/h1-9,13H,12H2/q+1. The van der Waals surface area contributed by atoms with Gasteiger partial charge in [-0.2, -0.15) is 8.42 Å². The molecular weight excluding hydrogens is 238 g/mol. The van der Waals surface area contributed by atoms with Crippen molar-refractivity contribution in [2.75, 3.05) is 10.6 Å². The van der Waals surface area contributed by atoms with E-state index in [1.54, 1.807) is 42.7 Å². The number of benzene rings is 1. The number of nitrogens with zero attached hydrogens (tertiary/aromatic N) is 1. The molecule has 2 aromatic rings. The van der Waals surface area contributed by atoms with Gasteiger partial charge >= 0.3 is 10.0 Å². The van der Waals surface area contributed by atoms with Crippen LogP contribution < -0.4 is 15.2 Å². The number of aromatic nitrogens is 1. The van der Waals surface area contributed by atoms with Gasteiger partial charge in [-0.15, -0.1) is 0 Å². The van der Waals surface area contributed by atoms with E-state index >= 15 is 0 Å². The predicted molar refractivity (Wildman–Crippen MR) is 64.0 cm³/mol. The summed E-state index contributed by atoms with van der Waals surface area (Å²) in [5, 5.41) is 0. The van der Waals surface area contributed by atoms with Crippen molar-refractivity contribution in [1.29, 1.82) is 0 Å². The van der Waals surface area contributed by atoms with Gasteiger partial charge in [-0.1, -0.05) is 15.6 Å². The molecule has 0 unspecified atom stereocenters. The molecule has 0 atom stereocenters. The average molecular weight is 250 g/mol. The Morgan fingerprint density at radius 2 is 1.59 bits per heavy atom. The Hall–Kier alpha value is -2.08. The van der Waals surface area contributed by atoms with Gasteiger partial charge in [0.1, 0.15) is 0 Å². The van der Waals surface area contributed by atoms with E-state index in [0.29, 0.717) is 5.69 Å². The second-order valence-corrected chi connectivity index (χ2v) is 5.11. The fourth-order valence-electron chi connectivity index (χ4n) is 1.30. The Kier molecular flexibility index (Phi) is 2.97. The molecule has 2 rings (SSSR count). The summed E-state index contributed by atoms with van der Waals surface area (Å²) in [4.78, 5) is 2.57. The molecule has 3 N–H and O–H groups in total. The van der Waals surface area contributed by atoms with E-state index in [1.165, 1.54) is 16.8 Å². The first kappa shape index (κ1) is 11.4. The van der Waals surface area contributed by atoms with Gasteiger partial charge in [-0.3, -0.25) is 0 Å². The van der Waals surface area contributed by atoms with Crippen molar-refractivity contribution in [3.05, 3.63) is 54.9 Å². The number of anilines is 1. The van der Waals surface area contributed by atoms with Crippen LogP contribution in [0.4, 0.5) is 5.69 Å². The van der Waals surface area contributed by atoms with Crippen molar-refractivity contribution >= 4 is 15.7 Å². The molecule has 1 heterocycles. The van der Waals surface area contributed by atoms with Gasteiger partial charge in [-0.05, 0) is 24.3 Å². The SMILES string of the molecule is Nc1ccc(S(=O)(=O)N[n+]2ccccc2)cc1. The summed E-state index contributed by atoms with van der Waals surface area (Å²) in [6, 6.07) is 11.3. The highest BCUT2D eigenvalue weighted by molar-refractivity contribution is 7.92. The maximum absolute atomic E-state index is 11.9. The molecule has 0 aliphatic rings. The number of hydrogen-bond donors (Lipinski definition) is 2. The summed E-state index contributed by atoms with van der Waals surface area (Å²) in [5.41, 5.74) is 6.03. The minimum absolute atomic E-state index is 0.169. The van der Waals surface area contributed by atoms with Crippen LogP contribution >= 0.6 is 0 Å². The fourth-order valence-corrected chi connectivity index (χ4v) is 2.30. The maximum atomic E-state index is 11.9. The number of nitrogen functional groups attached to an aromatic ring is 1. The average Bonchev–Trinajstić information content (AvgIpc) is 2.30. The van der Waals surface area contributed by atoms with E-state index in [2.05, 4.69) is 4.83 Å². The van der Waals surface area contributed by atoms with E-state index in [0.717, 1.165) is 0 Å². The first-order valence-electron chi connectivity index (χ1n) is 4.92. The molecule has 0 amide bonds. The lowest BCUT2D eigenvalue weighted by Gasteiger charge is -2.02. The van der Waals surface area contributed by atoms with Crippen molar-refractivity contribution < 1.29 is 13.1 Å². The van der Waals surface area contributed by atoms with Gasteiger partial charge in [0.25, 0.3) is 0 Å². The molecular formula is C11H12N3O2S+. The zero-order valence-electron chi connectivity index (χ0n) is 8.95. The number of rotatable bonds is 3. The van der Waals surface area contributed by atoms with Gasteiger partial charge in [0, 0.05) is 17.8 Å². The largest absolute Gasteiger partial charge is 0.399 e.